The molecule has 0 aromatic carbocycles. The highest BCUT2D eigenvalue weighted by Gasteiger charge is 2.14. The minimum Gasteiger partial charge on any atom is -0.464 e. The summed E-state index contributed by atoms with van der Waals surface area (Å²) in [7, 11) is 1.70. The second-order valence-corrected chi connectivity index (χ2v) is 5.31. The van der Waals surface area contributed by atoms with Crippen LogP contribution in [0.2, 0.25) is 0 Å². The largest absolute Gasteiger partial charge is 0.464 e. The van der Waals surface area contributed by atoms with Crippen LogP contribution < -0.4 is 4.87 Å². The van der Waals surface area contributed by atoms with Crippen molar-refractivity contribution in [3.05, 3.63) is 44.4 Å². The van der Waals surface area contributed by atoms with Crippen molar-refractivity contribution in [1.29, 1.82) is 0 Å². The van der Waals surface area contributed by atoms with Gasteiger partial charge in [-0.3, -0.25) is 14.2 Å². The first-order valence-electron chi connectivity index (χ1n) is 5.91. The number of aromatic nitrogens is 1. The lowest BCUT2D eigenvalue weighted by Gasteiger charge is -2.16. The molecule has 0 saturated heterocycles. The number of hydrogen-bond donors (Lipinski definition) is 0. The van der Waals surface area contributed by atoms with Crippen LogP contribution in [0.25, 0.3) is 0 Å². The van der Waals surface area contributed by atoms with Crippen molar-refractivity contribution >= 4 is 17.2 Å². The van der Waals surface area contributed by atoms with E-state index >= 15 is 0 Å². The van der Waals surface area contributed by atoms with E-state index in [0.717, 1.165) is 28.6 Å². The summed E-state index contributed by atoms with van der Waals surface area (Å²) >= 11 is 1.11. The summed E-state index contributed by atoms with van der Waals surface area (Å²) in [6, 6.07) is 3.71. The summed E-state index contributed by atoms with van der Waals surface area (Å²) in [4.78, 5) is 25.1. The Labute approximate surface area is 115 Å². The molecule has 1 amide bonds. The summed E-state index contributed by atoms with van der Waals surface area (Å²) in [6.45, 7) is 4.16. The first-order valence-corrected chi connectivity index (χ1v) is 6.79. The second kappa shape index (κ2) is 5.44. The first-order chi connectivity index (χ1) is 8.97. The number of aryl methyl sites for hydroxylation is 2. The fourth-order valence-electron chi connectivity index (χ4n) is 1.74. The van der Waals surface area contributed by atoms with Gasteiger partial charge >= 0.3 is 4.87 Å². The third-order valence-corrected chi connectivity index (χ3v) is 3.77. The summed E-state index contributed by atoms with van der Waals surface area (Å²) in [5.74, 6) is 1.45. The molecule has 0 radical (unpaired) electrons. The average Bonchev–Trinajstić information content (AvgIpc) is 2.89. The molecule has 0 saturated carbocycles. The lowest BCUT2D eigenvalue weighted by atomic mass is 10.4. The van der Waals surface area contributed by atoms with Crippen molar-refractivity contribution in [2.24, 2.45) is 0 Å². The maximum atomic E-state index is 12.1. The van der Waals surface area contributed by atoms with Gasteiger partial charge in [-0.1, -0.05) is 11.3 Å². The van der Waals surface area contributed by atoms with Gasteiger partial charge in [-0.25, -0.2) is 0 Å². The molecule has 2 aromatic rings. The Morgan fingerprint density at radius 3 is 2.68 bits per heavy atom. The Bertz CT molecular complexity index is 638. The Balaban J connectivity index is 2.02. The minimum atomic E-state index is -0.113. The average molecular weight is 280 g/mol. The van der Waals surface area contributed by atoms with E-state index in [1.807, 2.05) is 26.0 Å². The van der Waals surface area contributed by atoms with E-state index < -0.39 is 0 Å². The predicted octanol–water partition coefficient (Wildman–Crippen LogP) is 1.78. The topological polar surface area (TPSA) is 55.5 Å². The van der Waals surface area contributed by atoms with Gasteiger partial charge in [0.1, 0.15) is 18.1 Å². The van der Waals surface area contributed by atoms with Crippen LogP contribution in [0.4, 0.5) is 0 Å². The molecule has 0 aliphatic rings. The van der Waals surface area contributed by atoms with E-state index in [1.165, 1.54) is 4.57 Å². The number of carbonyl (C=O) groups is 1. The molecular formula is C13H16N2O3S. The zero-order valence-electron chi connectivity index (χ0n) is 11.2. The van der Waals surface area contributed by atoms with Gasteiger partial charge in [0.25, 0.3) is 0 Å². The third-order valence-electron chi connectivity index (χ3n) is 2.88. The Morgan fingerprint density at radius 1 is 1.42 bits per heavy atom. The highest BCUT2D eigenvalue weighted by Crippen LogP contribution is 2.09. The van der Waals surface area contributed by atoms with E-state index in [2.05, 4.69) is 0 Å². The molecule has 0 bridgehead atoms. The van der Waals surface area contributed by atoms with E-state index in [-0.39, 0.29) is 17.3 Å². The van der Waals surface area contributed by atoms with Gasteiger partial charge in [0.15, 0.2) is 0 Å². The van der Waals surface area contributed by atoms with Gasteiger partial charge in [0.05, 0.1) is 6.54 Å². The number of carbonyl (C=O) groups excluding carboxylic acids is 1. The predicted molar refractivity (Wildman–Crippen MR) is 73.2 cm³/mol. The quantitative estimate of drug-likeness (QED) is 0.857. The van der Waals surface area contributed by atoms with Crippen molar-refractivity contribution in [3.8, 4) is 0 Å². The number of likely N-dealkylation sites (N-methyl/N-ethyl adjacent to an activating group) is 1. The number of furan rings is 1. The van der Waals surface area contributed by atoms with Crippen LogP contribution in [0.3, 0.4) is 0 Å². The monoisotopic (exact) mass is 280 g/mol. The van der Waals surface area contributed by atoms with Crippen molar-refractivity contribution < 1.29 is 9.21 Å². The first kappa shape index (κ1) is 13.6. The van der Waals surface area contributed by atoms with E-state index in [0.29, 0.717) is 6.54 Å². The molecule has 2 heterocycles. The normalized spacial score (nSPS) is 10.7. The maximum Gasteiger partial charge on any atom is 0.307 e. The fraction of sp³-hybridized carbons (Fsp3) is 0.385. The molecule has 0 fully saturated rings. The maximum absolute atomic E-state index is 12.1. The molecular weight excluding hydrogens is 264 g/mol. The molecule has 0 aliphatic heterocycles. The van der Waals surface area contributed by atoms with Gasteiger partial charge in [-0.15, -0.1) is 0 Å². The summed E-state index contributed by atoms with van der Waals surface area (Å²) in [6.07, 6.45) is 0. The number of rotatable bonds is 4. The molecule has 0 spiro atoms. The zero-order valence-corrected chi connectivity index (χ0v) is 12.0. The van der Waals surface area contributed by atoms with Crippen LogP contribution in [0.5, 0.6) is 0 Å². The van der Waals surface area contributed by atoms with Crippen molar-refractivity contribution in [2.45, 2.75) is 26.9 Å². The molecule has 0 atom stereocenters. The smallest absolute Gasteiger partial charge is 0.307 e. The lowest BCUT2D eigenvalue weighted by Crippen LogP contribution is -2.32. The van der Waals surface area contributed by atoms with Gasteiger partial charge < -0.3 is 9.32 Å². The highest BCUT2D eigenvalue weighted by atomic mass is 32.1. The van der Waals surface area contributed by atoms with Crippen molar-refractivity contribution in [3.63, 3.8) is 0 Å². The molecule has 102 valence electrons. The Morgan fingerprint density at radius 2 is 2.16 bits per heavy atom. The number of nitrogens with zero attached hydrogens (tertiary/aromatic N) is 2. The number of hydrogen-bond acceptors (Lipinski definition) is 4. The SMILES string of the molecule is Cc1ccc(CN(C)C(=O)Cn2c(C)csc2=O)o1. The van der Waals surface area contributed by atoms with Crippen LogP contribution in [0.15, 0.2) is 26.7 Å². The van der Waals surface area contributed by atoms with Gasteiger partial charge in [0, 0.05) is 18.1 Å². The van der Waals surface area contributed by atoms with Gasteiger partial charge in [-0.2, -0.15) is 0 Å². The third kappa shape index (κ3) is 3.14. The summed E-state index contributed by atoms with van der Waals surface area (Å²) < 4.78 is 6.91. The number of thiazole rings is 1. The molecule has 5 nitrogen and oxygen atoms in total. The van der Waals surface area contributed by atoms with E-state index in [9.17, 15) is 9.59 Å². The van der Waals surface area contributed by atoms with Crippen molar-refractivity contribution in [2.75, 3.05) is 7.05 Å². The Kier molecular flexibility index (Phi) is 3.90. The molecule has 6 heteroatoms. The van der Waals surface area contributed by atoms with Crippen molar-refractivity contribution in [1.82, 2.24) is 9.47 Å². The molecule has 19 heavy (non-hydrogen) atoms. The van der Waals surface area contributed by atoms with Crippen LogP contribution in [-0.4, -0.2) is 22.4 Å². The van der Waals surface area contributed by atoms with Crippen LogP contribution in [0.1, 0.15) is 17.2 Å². The van der Waals surface area contributed by atoms with Crippen LogP contribution in [0, 0.1) is 13.8 Å². The molecule has 0 unspecified atom stereocenters. The van der Waals surface area contributed by atoms with Crippen LogP contribution >= 0.6 is 11.3 Å². The standard InChI is InChI=1S/C13H16N2O3S/c1-9-8-19-13(17)15(9)7-12(16)14(3)6-11-5-4-10(2)18-11/h4-5,8H,6-7H2,1-3H3. The number of amides is 1. The highest BCUT2D eigenvalue weighted by molar-refractivity contribution is 7.07. The fourth-order valence-corrected chi connectivity index (χ4v) is 2.48. The molecule has 2 aromatic heterocycles. The second-order valence-electron chi connectivity index (χ2n) is 4.49. The van der Waals surface area contributed by atoms with Gasteiger partial charge in [0.2, 0.25) is 5.91 Å². The molecule has 0 N–H and O–H groups in total. The lowest BCUT2D eigenvalue weighted by molar-refractivity contribution is -0.131. The summed E-state index contributed by atoms with van der Waals surface area (Å²) in [5, 5.41) is 1.76. The van der Waals surface area contributed by atoms with Crippen LogP contribution in [-0.2, 0) is 17.9 Å². The minimum absolute atomic E-state index is 0.0738. The molecule has 2 rings (SSSR count). The zero-order chi connectivity index (χ0) is 14.0. The van der Waals surface area contributed by atoms with E-state index in [4.69, 9.17) is 4.42 Å². The molecule has 0 aliphatic carbocycles. The van der Waals surface area contributed by atoms with Gasteiger partial charge in [-0.05, 0) is 26.0 Å². The Hall–Kier alpha value is -1.82. The summed E-state index contributed by atoms with van der Waals surface area (Å²) in [5.41, 5.74) is 0.811. The van der Waals surface area contributed by atoms with E-state index in [1.54, 1.807) is 17.3 Å².